The lowest BCUT2D eigenvalue weighted by atomic mass is 10.1. The number of hydrogen-bond acceptors (Lipinski definition) is 4. The van der Waals surface area contributed by atoms with Crippen molar-refractivity contribution in [2.75, 3.05) is 6.54 Å². The second-order valence-corrected chi connectivity index (χ2v) is 4.40. The van der Waals surface area contributed by atoms with Gasteiger partial charge in [0.05, 0.1) is 17.4 Å². The highest BCUT2D eigenvalue weighted by Crippen LogP contribution is 2.15. The Morgan fingerprint density at radius 1 is 1.39 bits per heavy atom. The monoisotopic (exact) mass is 245 g/mol. The predicted molar refractivity (Wildman–Crippen MR) is 70.1 cm³/mol. The molecule has 0 aromatic carbocycles. The van der Waals surface area contributed by atoms with Gasteiger partial charge in [0, 0.05) is 25.4 Å². The van der Waals surface area contributed by atoms with Crippen LogP contribution >= 0.6 is 0 Å². The molecule has 2 aromatic heterocycles. The van der Waals surface area contributed by atoms with Crippen molar-refractivity contribution in [1.29, 1.82) is 0 Å². The van der Waals surface area contributed by atoms with Crippen molar-refractivity contribution in [3.8, 4) is 0 Å². The number of hydrogen-bond donors (Lipinski definition) is 1. The molecule has 0 aliphatic carbocycles. The van der Waals surface area contributed by atoms with Gasteiger partial charge in [0.1, 0.15) is 0 Å². The Labute approximate surface area is 107 Å². The summed E-state index contributed by atoms with van der Waals surface area (Å²) >= 11 is 0. The maximum atomic E-state index is 4.58. The van der Waals surface area contributed by atoms with E-state index in [9.17, 15) is 0 Å². The van der Waals surface area contributed by atoms with Crippen molar-refractivity contribution >= 4 is 0 Å². The molecule has 0 aliphatic heterocycles. The molecule has 18 heavy (non-hydrogen) atoms. The van der Waals surface area contributed by atoms with Crippen molar-refractivity contribution < 1.29 is 0 Å². The van der Waals surface area contributed by atoms with Gasteiger partial charge in [-0.05, 0) is 25.6 Å². The second kappa shape index (κ2) is 5.73. The summed E-state index contributed by atoms with van der Waals surface area (Å²) in [6.45, 7) is 5.01. The van der Waals surface area contributed by atoms with E-state index in [1.54, 1.807) is 4.68 Å². The van der Waals surface area contributed by atoms with Gasteiger partial charge in [-0.25, -0.2) is 0 Å². The van der Waals surface area contributed by atoms with Crippen LogP contribution in [-0.2, 0) is 13.5 Å². The molecule has 0 radical (unpaired) electrons. The molecule has 0 saturated carbocycles. The van der Waals surface area contributed by atoms with E-state index in [2.05, 4.69) is 33.6 Å². The normalized spacial score (nSPS) is 12.6. The molecule has 0 amide bonds. The Balaban J connectivity index is 2.17. The first-order valence-corrected chi connectivity index (χ1v) is 6.21. The number of aryl methyl sites for hydroxylation is 2. The van der Waals surface area contributed by atoms with Crippen molar-refractivity contribution in [3.63, 3.8) is 0 Å². The molecule has 96 valence electrons. The topological polar surface area (TPSA) is 55.6 Å². The third kappa shape index (κ3) is 3.13. The fourth-order valence-corrected chi connectivity index (χ4v) is 1.98. The molecule has 5 heteroatoms. The van der Waals surface area contributed by atoms with Crippen molar-refractivity contribution in [2.24, 2.45) is 7.05 Å². The number of nitrogens with zero attached hydrogens (tertiary/aromatic N) is 4. The van der Waals surface area contributed by atoms with Crippen LogP contribution in [0.3, 0.4) is 0 Å². The summed E-state index contributed by atoms with van der Waals surface area (Å²) in [4.78, 5) is 4.58. The van der Waals surface area contributed by atoms with Gasteiger partial charge in [-0.15, -0.1) is 5.10 Å². The van der Waals surface area contributed by atoms with Crippen molar-refractivity contribution in [2.45, 2.75) is 26.3 Å². The Morgan fingerprint density at radius 3 is 2.83 bits per heavy atom. The summed E-state index contributed by atoms with van der Waals surface area (Å²) in [5, 5.41) is 11.5. The molecular weight excluding hydrogens is 226 g/mol. The van der Waals surface area contributed by atoms with Gasteiger partial charge in [0.15, 0.2) is 0 Å². The van der Waals surface area contributed by atoms with Crippen LogP contribution in [0.4, 0.5) is 0 Å². The molecule has 0 saturated heterocycles. The van der Waals surface area contributed by atoms with E-state index >= 15 is 0 Å². The fourth-order valence-electron chi connectivity index (χ4n) is 1.98. The Bertz CT molecular complexity index is 506. The lowest BCUT2D eigenvalue weighted by Crippen LogP contribution is -2.24. The van der Waals surface area contributed by atoms with Crippen LogP contribution in [0.5, 0.6) is 0 Å². The summed E-state index contributed by atoms with van der Waals surface area (Å²) in [5.74, 6) is 0. The first-order chi connectivity index (χ1) is 8.69. The third-order valence-electron chi connectivity index (χ3n) is 2.78. The smallest absolute Gasteiger partial charge is 0.0846 e. The minimum absolute atomic E-state index is 0.187. The van der Waals surface area contributed by atoms with E-state index in [0.717, 1.165) is 30.0 Å². The molecule has 5 nitrogen and oxygen atoms in total. The molecular formula is C13H19N5. The van der Waals surface area contributed by atoms with Crippen LogP contribution in [0.1, 0.15) is 30.0 Å². The van der Waals surface area contributed by atoms with E-state index in [1.165, 1.54) is 0 Å². The highest BCUT2D eigenvalue weighted by molar-refractivity contribution is 5.15. The molecule has 0 bridgehead atoms. The third-order valence-corrected chi connectivity index (χ3v) is 2.78. The summed E-state index contributed by atoms with van der Waals surface area (Å²) in [6.07, 6.45) is 2.75. The molecule has 2 aromatic rings. The minimum atomic E-state index is 0.187. The van der Waals surface area contributed by atoms with E-state index in [1.807, 2.05) is 32.3 Å². The summed E-state index contributed by atoms with van der Waals surface area (Å²) in [7, 11) is 1.88. The van der Waals surface area contributed by atoms with Crippen LogP contribution in [0.25, 0.3) is 0 Å². The largest absolute Gasteiger partial charge is 0.309 e. The van der Waals surface area contributed by atoms with Crippen LogP contribution < -0.4 is 5.32 Å². The van der Waals surface area contributed by atoms with E-state index in [4.69, 9.17) is 0 Å². The van der Waals surface area contributed by atoms with E-state index in [-0.39, 0.29) is 6.04 Å². The number of aromatic nitrogens is 4. The van der Waals surface area contributed by atoms with Crippen LogP contribution in [0, 0.1) is 6.92 Å². The van der Waals surface area contributed by atoms with Gasteiger partial charge >= 0.3 is 0 Å². The summed E-state index contributed by atoms with van der Waals surface area (Å²) in [5.41, 5.74) is 3.07. The van der Waals surface area contributed by atoms with Crippen molar-refractivity contribution in [3.05, 3.63) is 41.5 Å². The summed E-state index contributed by atoms with van der Waals surface area (Å²) in [6, 6.07) is 6.29. The SMILES string of the molecule is CCNC(Cc1cn(C)nn1)c1cccc(C)n1. The van der Waals surface area contributed by atoms with Gasteiger partial charge in [-0.1, -0.05) is 18.2 Å². The number of pyridine rings is 1. The van der Waals surface area contributed by atoms with Gasteiger partial charge in [0.25, 0.3) is 0 Å². The maximum Gasteiger partial charge on any atom is 0.0846 e. The van der Waals surface area contributed by atoms with E-state index in [0.29, 0.717) is 0 Å². The van der Waals surface area contributed by atoms with Crippen LogP contribution in [0.15, 0.2) is 24.4 Å². The van der Waals surface area contributed by atoms with Crippen LogP contribution in [-0.4, -0.2) is 26.5 Å². The van der Waals surface area contributed by atoms with Gasteiger partial charge in [-0.3, -0.25) is 9.67 Å². The predicted octanol–water partition coefficient (Wildman–Crippen LogP) is 1.41. The maximum absolute atomic E-state index is 4.58. The highest BCUT2D eigenvalue weighted by atomic mass is 15.4. The molecule has 2 rings (SSSR count). The molecule has 0 aliphatic rings. The molecule has 2 heterocycles. The lowest BCUT2D eigenvalue weighted by molar-refractivity contribution is 0.530. The van der Waals surface area contributed by atoms with Gasteiger partial charge in [0.2, 0.25) is 0 Å². The zero-order valence-corrected chi connectivity index (χ0v) is 11.1. The minimum Gasteiger partial charge on any atom is -0.309 e. The molecule has 1 atom stereocenters. The quantitative estimate of drug-likeness (QED) is 0.865. The highest BCUT2D eigenvalue weighted by Gasteiger charge is 2.14. The van der Waals surface area contributed by atoms with Crippen LogP contribution in [0.2, 0.25) is 0 Å². The molecule has 1 unspecified atom stereocenters. The number of likely N-dealkylation sites (N-methyl/N-ethyl adjacent to an activating group) is 1. The Morgan fingerprint density at radius 2 is 2.22 bits per heavy atom. The van der Waals surface area contributed by atoms with Gasteiger partial charge < -0.3 is 5.32 Å². The Kier molecular flexibility index (Phi) is 4.04. The van der Waals surface area contributed by atoms with Gasteiger partial charge in [-0.2, -0.15) is 0 Å². The fraction of sp³-hybridized carbons (Fsp3) is 0.462. The zero-order chi connectivity index (χ0) is 13.0. The average molecular weight is 245 g/mol. The first kappa shape index (κ1) is 12.7. The van der Waals surface area contributed by atoms with E-state index < -0.39 is 0 Å². The lowest BCUT2D eigenvalue weighted by Gasteiger charge is -2.16. The first-order valence-electron chi connectivity index (χ1n) is 6.21. The standard InChI is InChI=1S/C13H19N5/c1-4-14-13(8-11-9-18(3)17-16-11)12-7-5-6-10(2)15-12/h5-7,9,13-14H,4,8H2,1-3H3. The number of rotatable bonds is 5. The zero-order valence-electron chi connectivity index (χ0n) is 11.1. The molecule has 0 fully saturated rings. The second-order valence-electron chi connectivity index (χ2n) is 4.40. The Hall–Kier alpha value is -1.75. The average Bonchev–Trinajstić information content (AvgIpc) is 2.74. The molecule has 0 spiro atoms. The summed E-state index contributed by atoms with van der Waals surface area (Å²) < 4.78 is 1.72. The molecule has 1 N–H and O–H groups in total. The number of nitrogens with one attached hydrogen (secondary N) is 1. The van der Waals surface area contributed by atoms with Crippen molar-refractivity contribution in [1.82, 2.24) is 25.3 Å².